The summed E-state index contributed by atoms with van der Waals surface area (Å²) in [6.45, 7) is 2.11. The van der Waals surface area contributed by atoms with Gasteiger partial charge in [0.15, 0.2) is 6.61 Å². The number of hydrogen-bond donors (Lipinski definition) is 1. The standard InChI is InChI=1S/C16H16INO2/c1-2-12-7-9-13(10-8-12)20-11-16(19)18-15-6-4-3-5-14(15)17/h3-10H,2,11H2,1H3,(H,18,19). The molecule has 0 unspecified atom stereocenters. The Balaban J connectivity index is 1.87. The summed E-state index contributed by atoms with van der Waals surface area (Å²) in [5.74, 6) is 0.550. The molecule has 1 amide bonds. The zero-order valence-electron chi connectivity index (χ0n) is 11.2. The predicted molar refractivity (Wildman–Crippen MR) is 89.1 cm³/mol. The Labute approximate surface area is 132 Å². The van der Waals surface area contributed by atoms with Crippen LogP contribution in [0.4, 0.5) is 5.69 Å². The van der Waals surface area contributed by atoms with Crippen LogP contribution in [-0.4, -0.2) is 12.5 Å². The second kappa shape index (κ2) is 7.28. The van der Waals surface area contributed by atoms with E-state index in [-0.39, 0.29) is 12.5 Å². The van der Waals surface area contributed by atoms with Crippen LogP contribution in [0, 0.1) is 3.57 Å². The van der Waals surface area contributed by atoms with E-state index in [1.165, 1.54) is 5.56 Å². The third-order valence-corrected chi connectivity index (χ3v) is 3.79. The molecule has 1 N–H and O–H groups in total. The van der Waals surface area contributed by atoms with Crippen LogP contribution >= 0.6 is 22.6 Å². The molecular formula is C16H16INO2. The molecule has 0 heterocycles. The molecule has 4 heteroatoms. The monoisotopic (exact) mass is 381 g/mol. The number of hydrogen-bond acceptors (Lipinski definition) is 2. The average Bonchev–Trinajstić information content (AvgIpc) is 2.48. The molecule has 20 heavy (non-hydrogen) atoms. The molecular weight excluding hydrogens is 365 g/mol. The molecule has 0 aliphatic heterocycles. The number of nitrogens with one attached hydrogen (secondary N) is 1. The largest absolute Gasteiger partial charge is 0.484 e. The van der Waals surface area contributed by atoms with E-state index < -0.39 is 0 Å². The maximum absolute atomic E-state index is 11.8. The fraction of sp³-hybridized carbons (Fsp3) is 0.188. The number of ether oxygens (including phenoxy) is 1. The van der Waals surface area contributed by atoms with Crippen molar-refractivity contribution in [2.75, 3.05) is 11.9 Å². The summed E-state index contributed by atoms with van der Waals surface area (Å²) in [5, 5.41) is 2.83. The van der Waals surface area contributed by atoms with Gasteiger partial charge in [-0.05, 0) is 58.8 Å². The van der Waals surface area contributed by atoms with E-state index in [9.17, 15) is 4.79 Å². The van der Waals surface area contributed by atoms with Crippen molar-refractivity contribution in [3.05, 3.63) is 57.7 Å². The number of anilines is 1. The van der Waals surface area contributed by atoms with Gasteiger partial charge < -0.3 is 10.1 Å². The first-order valence-electron chi connectivity index (χ1n) is 6.45. The van der Waals surface area contributed by atoms with Gasteiger partial charge in [-0.15, -0.1) is 0 Å². The number of carbonyl (C=O) groups excluding carboxylic acids is 1. The average molecular weight is 381 g/mol. The molecule has 3 nitrogen and oxygen atoms in total. The Morgan fingerprint density at radius 2 is 1.85 bits per heavy atom. The minimum atomic E-state index is -0.159. The molecule has 0 saturated heterocycles. The van der Waals surface area contributed by atoms with Gasteiger partial charge in [-0.1, -0.05) is 31.2 Å². The Morgan fingerprint density at radius 3 is 2.50 bits per heavy atom. The number of amides is 1. The van der Waals surface area contributed by atoms with E-state index in [0.29, 0.717) is 5.75 Å². The van der Waals surface area contributed by atoms with E-state index in [0.717, 1.165) is 15.7 Å². The van der Waals surface area contributed by atoms with Gasteiger partial charge in [0.2, 0.25) is 0 Å². The molecule has 0 atom stereocenters. The Kier molecular flexibility index (Phi) is 5.40. The fourth-order valence-corrected chi connectivity index (χ4v) is 2.24. The zero-order chi connectivity index (χ0) is 14.4. The lowest BCUT2D eigenvalue weighted by molar-refractivity contribution is -0.118. The van der Waals surface area contributed by atoms with E-state index in [1.54, 1.807) is 0 Å². The van der Waals surface area contributed by atoms with E-state index in [1.807, 2.05) is 48.5 Å². The topological polar surface area (TPSA) is 38.3 Å². The lowest BCUT2D eigenvalue weighted by Crippen LogP contribution is -2.20. The summed E-state index contributed by atoms with van der Waals surface area (Å²) < 4.78 is 6.47. The van der Waals surface area contributed by atoms with E-state index in [4.69, 9.17) is 4.74 Å². The molecule has 0 saturated carbocycles. The molecule has 2 aromatic carbocycles. The van der Waals surface area contributed by atoms with Gasteiger partial charge in [-0.25, -0.2) is 0 Å². The third kappa shape index (κ3) is 4.23. The van der Waals surface area contributed by atoms with Crippen LogP contribution in [0.5, 0.6) is 5.75 Å². The molecule has 0 spiro atoms. The maximum atomic E-state index is 11.8. The van der Waals surface area contributed by atoms with Crippen molar-refractivity contribution in [2.45, 2.75) is 13.3 Å². The summed E-state index contributed by atoms with van der Waals surface area (Å²) in [6, 6.07) is 15.4. The number of rotatable bonds is 5. The van der Waals surface area contributed by atoms with Gasteiger partial charge in [0.1, 0.15) is 5.75 Å². The highest BCUT2D eigenvalue weighted by Gasteiger charge is 2.05. The van der Waals surface area contributed by atoms with E-state index in [2.05, 4.69) is 34.8 Å². The highest BCUT2D eigenvalue weighted by atomic mass is 127. The van der Waals surface area contributed by atoms with Crippen LogP contribution in [0.2, 0.25) is 0 Å². The van der Waals surface area contributed by atoms with Gasteiger partial charge in [0, 0.05) is 3.57 Å². The lowest BCUT2D eigenvalue weighted by Gasteiger charge is -2.09. The second-order valence-electron chi connectivity index (χ2n) is 4.31. The summed E-state index contributed by atoms with van der Waals surface area (Å²) in [5.41, 5.74) is 2.06. The molecule has 0 aromatic heterocycles. The van der Waals surface area contributed by atoms with Gasteiger partial charge in [-0.2, -0.15) is 0 Å². The molecule has 0 radical (unpaired) electrons. The molecule has 0 aliphatic carbocycles. The van der Waals surface area contributed by atoms with Crippen LogP contribution in [0.1, 0.15) is 12.5 Å². The van der Waals surface area contributed by atoms with Crippen LogP contribution in [0.25, 0.3) is 0 Å². The van der Waals surface area contributed by atoms with E-state index >= 15 is 0 Å². The normalized spacial score (nSPS) is 10.1. The number of carbonyl (C=O) groups is 1. The Morgan fingerprint density at radius 1 is 1.15 bits per heavy atom. The van der Waals surface area contributed by atoms with Gasteiger partial charge in [-0.3, -0.25) is 4.79 Å². The highest BCUT2D eigenvalue weighted by molar-refractivity contribution is 14.1. The number of para-hydroxylation sites is 1. The third-order valence-electron chi connectivity index (χ3n) is 2.85. The first-order valence-corrected chi connectivity index (χ1v) is 7.53. The van der Waals surface area contributed by atoms with Crippen molar-refractivity contribution >= 4 is 34.2 Å². The van der Waals surface area contributed by atoms with Crippen molar-refractivity contribution in [1.29, 1.82) is 0 Å². The van der Waals surface area contributed by atoms with Crippen LogP contribution in [-0.2, 0) is 11.2 Å². The van der Waals surface area contributed by atoms with Crippen molar-refractivity contribution in [3.8, 4) is 5.75 Å². The summed E-state index contributed by atoms with van der Waals surface area (Å²) in [4.78, 5) is 11.8. The minimum Gasteiger partial charge on any atom is -0.484 e. The Bertz CT molecular complexity index is 581. The van der Waals surface area contributed by atoms with Gasteiger partial charge in [0.25, 0.3) is 5.91 Å². The molecule has 104 valence electrons. The number of benzene rings is 2. The van der Waals surface area contributed by atoms with Crippen molar-refractivity contribution in [1.82, 2.24) is 0 Å². The summed E-state index contributed by atoms with van der Waals surface area (Å²) >= 11 is 2.19. The molecule has 2 rings (SSSR count). The smallest absolute Gasteiger partial charge is 0.262 e. The summed E-state index contributed by atoms with van der Waals surface area (Å²) in [7, 11) is 0. The molecule has 0 aliphatic rings. The quantitative estimate of drug-likeness (QED) is 0.799. The zero-order valence-corrected chi connectivity index (χ0v) is 13.4. The maximum Gasteiger partial charge on any atom is 0.262 e. The van der Waals surface area contributed by atoms with Crippen molar-refractivity contribution < 1.29 is 9.53 Å². The summed E-state index contributed by atoms with van der Waals surface area (Å²) in [6.07, 6.45) is 0.993. The lowest BCUT2D eigenvalue weighted by atomic mass is 10.2. The Hall–Kier alpha value is -1.56. The van der Waals surface area contributed by atoms with Crippen LogP contribution < -0.4 is 10.1 Å². The highest BCUT2D eigenvalue weighted by Crippen LogP contribution is 2.17. The second-order valence-corrected chi connectivity index (χ2v) is 5.48. The minimum absolute atomic E-state index is 0.0104. The van der Waals surface area contributed by atoms with Crippen molar-refractivity contribution in [2.24, 2.45) is 0 Å². The first kappa shape index (κ1) is 14.8. The van der Waals surface area contributed by atoms with Gasteiger partial charge in [0.05, 0.1) is 5.69 Å². The van der Waals surface area contributed by atoms with Crippen LogP contribution in [0.3, 0.4) is 0 Å². The number of halogens is 1. The van der Waals surface area contributed by atoms with Gasteiger partial charge >= 0.3 is 0 Å². The molecule has 0 bridgehead atoms. The van der Waals surface area contributed by atoms with Crippen LogP contribution in [0.15, 0.2) is 48.5 Å². The molecule has 0 fully saturated rings. The predicted octanol–water partition coefficient (Wildman–Crippen LogP) is 3.87. The SMILES string of the molecule is CCc1ccc(OCC(=O)Nc2ccccc2I)cc1. The van der Waals surface area contributed by atoms with Crippen molar-refractivity contribution in [3.63, 3.8) is 0 Å². The first-order chi connectivity index (χ1) is 9.69. The number of aryl methyl sites for hydroxylation is 1. The fourth-order valence-electron chi connectivity index (χ4n) is 1.72. The molecule has 2 aromatic rings.